The van der Waals surface area contributed by atoms with Crippen molar-refractivity contribution in [1.82, 2.24) is 0 Å². The molecule has 0 spiro atoms. The maximum absolute atomic E-state index is 5.32. The second-order valence-corrected chi connectivity index (χ2v) is 5.08. The normalized spacial score (nSPS) is 25.0. The van der Waals surface area contributed by atoms with E-state index in [0.717, 1.165) is 12.8 Å². The Hall–Kier alpha value is -0.160. The van der Waals surface area contributed by atoms with Crippen LogP contribution in [0, 0.1) is 11.8 Å². The van der Waals surface area contributed by atoms with E-state index in [-0.39, 0.29) is 12.6 Å². The standard InChI is InChI=1S/C14H28O4/c1-15-13(16-2)9-11-7-5-6-8-12(11)10-14(17-3)18-4/h11-14H,5-10H2,1-4H3. The molecule has 1 aliphatic carbocycles. The smallest absolute Gasteiger partial charge is 0.157 e. The SMILES string of the molecule is COC(CC1CCCCC1CC(OC)OC)OC. The van der Waals surface area contributed by atoms with E-state index < -0.39 is 0 Å². The van der Waals surface area contributed by atoms with Gasteiger partial charge in [-0.05, 0) is 24.7 Å². The minimum Gasteiger partial charge on any atom is -0.356 e. The molecule has 4 nitrogen and oxygen atoms in total. The lowest BCUT2D eigenvalue weighted by atomic mass is 9.75. The fourth-order valence-electron chi connectivity index (χ4n) is 2.98. The molecule has 1 fully saturated rings. The van der Waals surface area contributed by atoms with E-state index in [9.17, 15) is 0 Å². The predicted molar refractivity (Wildman–Crippen MR) is 70.3 cm³/mol. The van der Waals surface area contributed by atoms with Gasteiger partial charge in [0.1, 0.15) is 0 Å². The van der Waals surface area contributed by atoms with Gasteiger partial charge < -0.3 is 18.9 Å². The molecular weight excluding hydrogens is 232 g/mol. The quantitative estimate of drug-likeness (QED) is 0.629. The summed E-state index contributed by atoms with van der Waals surface area (Å²) in [7, 11) is 6.83. The largest absolute Gasteiger partial charge is 0.356 e. The lowest BCUT2D eigenvalue weighted by molar-refractivity contribution is -0.136. The first-order valence-corrected chi connectivity index (χ1v) is 6.86. The first-order chi connectivity index (χ1) is 8.74. The van der Waals surface area contributed by atoms with Crippen molar-refractivity contribution in [3.8, 4) is 0 Å². The first kappa shape index (κ1) is 15.9. The molecule has 0 heterocycles. The molecule has 0 saturated heterocycles. The van der Waals surface area contributed by atoms with Gasteiger partial charge in [0.05, 0.1) is 0 Å². The van der Waals surface area contributed by atoms with Crippen molar-refractivity contribution in [3.05, 3.63) is 0 Å². The predicted octanol–water partition coefficient (Wildman–Crippen LogP) is 2.81. The molecule has 0 bridgehead atoms. The number of hydrogen-bond donors (Lipinski definition) is 0. The van der Waals surface area contributed by atoms with Gasteiger partial charge in [-0.25, -0.2) is 0 Å². The van der Waals surface area contributed by atoms with Gasteiger partial charge in [0.25, 0.3) is 0 Å². The summed E-state index contributed by atoms with van der Waals surface area (Å²) in [6.07, 6.45) is 6.91. The minimum atomic E-state index is -0.0841. The van der Waals surface area contributed by atoms with Crippen molar-refractivity contribution in [2.24, 2.45) is 11.8 Å². The highest BCUT2D eigenvalue weighted by Crippen LogP contribution is 2.36. The van der Waals surface area contributed by atoms with Gasteiger partial charge in [-0.2, -0.15) is 0 Å². The van der Waals surface area contributed by atoms with Gasteiger partial charge in [-0.1, -0.05) is 12.8 Å². The Labute approximate surface area is 111 Å². The van der Waals surface area contributed by atoms with E-state index in [1.807, 2.05) is 0 Å². The second-order valence-electron chi connectivity index (χ2n) is 5.08. The molecule has 0 N–H and O–H groups in total. The Kier molecular flexibility index (Phi) is 7.82. The third-order valence-electron chi connectivity index (χ3n) is 4.11. The van der Waals surface area contributed by atoms with Gasteiger partial charge in [-0.15, -0.1) is 0 Å². The van der Waals surface area contributed by atoms with Gasteiger partial charge in [-0.3, -0.25) is 0 Å². The van der Waals surface area contributed by atoms with Crippen LogP contribution in [0.5, 0.6) is 0 Å². The molecule has 1 rings (SSSR count). The van der Waals surface area contributed by atoms with Crippen molar-refractivity contribution in [1.29, 1.82) is 0 Å². The lowest BCUT2D eigenvalue weighted by Gasteiger charge is -2.34. The topological polar surface area (TPSA) is 36.9 Å². The zero-order chi connectivity index (χ0) is 13.4. The fraction of sp³-hybridized carbons (Fsp3) is 1.00. The van der Waals surface area contributed by atoms with Crippen molar-refractivity contribution in [2.45, 2.75) is 51.1 Å². The van der Waals surface area contributed by atoms with Crippen LogP contribution < -0.4 is 0 Å². The Morgan fingerprint density at radius 1 is 0.722 bits per heavy atom. The van der Waals surface area contributed by atoms with E-state index in [4.69, 9.17) is 18.9 Å². The maximum atomic E-state index is 5.32. The monoisotopic (exact) mass is 260 g/mol. The fourth-order valence-corrected chi connectivity index (χ4v) is 2.98. The van der Waals surface area contributed by atoms with Crippen LogP contribution in [0.1, 0.15) is 38.5 Å². The zero-order valence-corrected chi connectivity index (χ0v) is 12.2. The van der Waals surface area contributed by atoms with E-state index in [2.05, 4.69) is 0 Å². The van der Waals surface area contributed by atoms with Crippen molar-refractivity contribution >= 4 is 0 Å². The average Bonchev–Trinajstić information content (AvgIpc) is 2.43. The Bertz CT molecular complexity index is 180. The van der Waals surface area contributed by atoms with Gasteiger partial charge in [0.15, 0.2) is 12.6 Å². The molecule has 18 heavy (non-hydrogen) atoms. The number of methoxy groups -OCH3 is 4. The molecule has 0 aromatic heterocycles. The minimum absolute atomic E-state index is 0.0841. The van der Waals surface area contributed by atoms with Crippen LogP contribution in [-0.2, 0) is 18.9 Å². The number of ether oxygens (including phenoxy) is 4. The van der Waals surface area contributed by atoms with Crippen molar-refractivity contribution in [2.75, 3.05) is 28.4 Å². The number of hydrogen-bond acceptors (Lipinski definition) is 4. The summed E-state index contributed by atoms with van der Waals surface area (Å²) in [5.41, 5.74) is 0. The van der Waals surface area contributed by atoms with Crippen LogP contribution in [0.3, 0.4) is 0 Å². The highest BCUT2D eigenvalue weighted by Gasteiger charge is 2.29. The third-order valence-corrected chi connectivity index (χ3v) is 4.11. The van der Waals surface area contributed by atoms with Crippen LogP contribution in [0.25, 0.3) is 0 Å². The lowest BCUT2D eigenvalue weighted by Crippen LogP contribution is -2.29. The first-order valence-electron chi connectivity index (χ1n) is 6.86. The summed E-state index contributed by atoms with van der Waals surface area (Å²) >= 11 is 0. The second kappa shape index (κ2) is 8.86. The molecule has 0 aromatic rings. The Morgan fingerprint density at radius 3 is 1.33 bits per heavy atom. The maximum Gasteiger partial charge on any atom is 0.157 e. The molecule has 0 amide bonds. The van der Waals surface area contributed by atoms with Crippen molar-refractivity contribution < 1.29 is 18.9 Å². The molecular formula is C14H28O4. The Balaban J connectivity index is 2.50. The molecule has 4 heteroatoms. The summed E-state index contributed by atoms with van der Waals surface area (Å²) < 4.78 is 21.3. The van der Waals surface area contributed by atoms with E-state index in [1.165, 1.54) is 25.7 Å². The van der Waals surface area contributed by atoms with Gasteiger partial charge >= 0.3 is 0 Å². The van der Waals surface area contributed by atoms with E-state index in [0.29, 0.717) is 11.8 Å². The molecule has 0 radical (unpaired) electrons. The molecule has 0 aromatic carbocycles. The highest BCUT2D eigenvalue weighted by molar-refractivity contribution is 4.77. The zero-order valence-electron chi connectivity index (χ0n) is 12.2. The molecule has 2 unspecified atom stereocenters. The van der Waals surface area contributed by atoms with Crippen LogP contribution in [0.2, 0.25) is 0 Å². The average molecular weight is 260 g/mol. The van der Waals surface area contributed by atoms with Crippen LogP contribution in [0.15, 0.2) is 0 Å². The molecule has 1 saturated carbocycles. The van der Waals surface area contributed by atoms with Crippen LogP contribution in [0.4, 0.5) is 0 Å². The summed E-state index contributed by atoms with van der Waals surface area (Å²) in [5, 5.41) is 0. The summed E-state index contributed by atoms with van der Waals surface area (Å²) in [6.45, 7) is 0. The van der Waals surface area contributed by atoms with Crippen LogP contribution in [-0.4, -0.2) is 41.0 Å². The van der Waals surface area contributed by atoms with E-state index in [1.54, 1.807) is 28.4 Å². The molecule has 0 aliphatic heterocycles. The van der Waals surface area contributed by atoms with E-state index >= 15 is 0 Å². The Morgan fingerprint density at radius 2 is 1.06 bits per heavy atom. The molecule has 108 valence electrons. The highest BCUT2D eigenvalue weighted by atomic mass is 16.7. The van der Waals surface area contributed by atoms with Crippen molar-refractivity contribution in [3.63, 3.8) is 0 Å². The summed E-state index contributed by atoms with van der Waals surface area (Å²) in [4.78, 5) is 0. The third kappa shape index (κ3) is 4.84. The van der Waals surface area contributed by atoms with Crippen LogP contribution >= 0.6 is 0 Å². The summed E-state index contributed by atoms with van der Waals surface area (Å²) in [5.74, 6) is 1.30. The molecule has 2 atom stereocenters. The summed E-state index contributed by atoms with van der Waals surface area (Å²) in [6, 6.07) is 0. The molecule has 1 aliphatic rings. The van der Waals surface area contributed by atoms with Gasteiger partial charge in [0.2, 0.25) is 0 Å². The van der Waals surface area contributed by atoms with Gasteiger partial charge in [0, 0.05) is 41.3 Å². The number of rotatable bonds is 8.